The van der Waals surface area contributed by atoms with Crippen LogP contribution in [-0.4, -0.2) is 24.1 Å². The molecule has 0 fully saturated rings. The third kappa shape index (κ3) is 5.51. The number of Topliss-reactive ketones (excluding diaryl/α,β-unsaturated/α-hetero) is 1. The minimum absolute atomic E-state index is 0.118. The maximum atomic E-state index is 12.4. The number of rotatable bonds is 9. The molecule has 3 aromatic carbocycles. The lowest BCUT2D eigenvalue weighted by Crippen LogP contribution is -2.14. The summed E-state index contributed by atoms with van der Waals surface area (Å²) in [7, 11) is 0. The lowest BCUT2D eigenvalue weighted by atomic mass is 10.0. The third-order valence-corrected chi connectivity index (χ3v) is 4.85. The summed E-state index contributed by atoms with van der Waals surface area (Å²) in [6.45, 7) is 1.82. The molecule has 0 atom stereocenters. The maximum Gasteiger partial charge on any atom is 0.338 e. The van der Waals surface area contributed by atoms with E-state index in [2.05, 4.69) is 6.92 Å². The molecule has 0 radical (unpaired) electrons. The number of esters is 1. The van der Waals surface area contributed by atoms with E-state index in [1.165, 1.54) is 17.7 Å². The summed E-state index contributed by atoms with van der Waals surface area (Å²) in [6.07, 6.45) is 3.22. The van der Waals surface area contributed by atoms with Crippen LogP contribution in [-0.2, 0) is 11.2 Å². The highest BCUT2D eigenvalue weighted by Crippen LogP contribution is 2.13. The van der Waals surface area contributed by atoms with Crippen LogP contribution in [0.5, 0.6) is 0 Å². The van der Waals surface area contributed by atoms with Crippen LogP contribution in [0.15, 0.2) is 78.9 Å². The SMILES string of the molecule is CCCCc1ccc(C(=O)COC(=O)c2ccc(C(=O)c3ccccc3)cc2)cc1. The first-order chi connectivity index (χ1) is 14.6. The van der Waals surface area contributed by atoms with Gasteiger partial charge in [0.25, 0.3) is 0 Å². The molecule has 4 heteroatoms. The molecule has 4 nitrogen and oxygen atoms in total. The average molecular weight is 400 g/mol. The Kier molecular flexibility index (Phi) is 7.28. The normalized spacial score (nSPS) is 10.4. The summed E-state index contributed by atoms with van der Waals surface area (Å²) in [6, 6.07) is 22.6. The highest BCUT2D eigenvalue weighted by Gasteiger charge is 2.14. The Bertz CT molecular complexity index is 1000. The van der Waals surface area contributed by atoms with Crippen LogP contribution in [0.25, 0.3) is 0 Å². The maximum absolute atomic E-state index is 12.4. The molecule has 152 valence electrons. The van der Waals surface area contributed by atoms with E-state index < -0.39 is 5.97 Å². The van der Waals surface area contributed by atoms with E-state index in [1.54, 1.807) is 48.5 Å². The monoisotopic (exact) mass is 400 g/mol. The van der Waals surface area contributed by atoms with E-state index in [0.717, 1.165) is 19.3 Å². The number of aryl methyl sites for hydroxylation is 1. The molecule has 0 amide bonds. The topological polar surface area (TPSA) is 60.4 Å². The Hall–Kier alpha value is -3.53. The molecule has 0 spiro atoms. The zero-order valence-corrected chi connectivity index (χ0v) is 17.0. The first-order valence-corrected chi connectivity index (χ1v) is 10.1. The quantitative estimate of drug-likeness (QED) is 0.361. The van der Waals surface area contributed by atoms with Crippen LogP contribution < -0.4 is 0 Å². The van der Waals surface area contributed by atoms with Crippen molar-refractivity contribution in [2.75, 3.05) is 6.61 Å². The van der Waals surface area contributed by atoms with E-state index in [4.69, 9.17) is 4.74 Å². The molecule has 0 saturated carbocycles. The molecule has 3 aromatic rings. The molecular formula is C26H24O4. The Morgan fingerprint density at radius 3 is 1.90 bits per heavy atom. The predicted molar refractivity (Wildman–Crippen MR) is 116 cm³/mol. The van der Waals surface area contributed by atoms with Gasteiger partial charge in [0.05, 0.1) is 5.56 Å². The number of hydrogen-bond acceptors (Lipinski definition) is 4. The summed E-state index contributed by atoms with van der Waals surface area (Å²) in [5.74, 6) is -0.962. The van der Waals surface area contributed by atoms with Gasteiger partial charge in [0.15, 0.2) is 18.2 Å². The van der Waals surface area contributed by atoms with Crippen molar-refractivity contribution in [3.8, 4) is 0 Å². The molecule has 0 aliphatic rings. The van der Waals surface area contributed by atoms with Crippen molar-refractivity contribution in [1.82, 2.24) is 0 Å². The van der Waals surface area contributed by atoms with E-state index >= 15 is 0 Å². The van der Waals surface area contributed by atoms with Crippen molar-refractivity contribution >= 4 is 17.5 Å². The molecule has 0 bridgehead atoms. The minimum atomic E-state index is -0.596. The second kappa shape index (κ2) is 10.3. The summed E-state index contributed by atoms with van der Waals surface area (Å²) in [4.78, 5) is 36.9. The van der Waals surface area contributed by atoms with Gasteiger partial charge in [0.1, 0.15) is 0 Å². The molecule has 0 unspecified atom stereocenters. The number of hydrogen-bond donors (Lipinski definition) is 0. The summed E-state index contributed by atoms with van der Waals surface area (Å²) in [5, 5.41) is 0. The molecule has 0 aliphatic carbocycles. The van der Waals surface area contributed by atoms with E-state index in [1.807, 2.05) is 18.2 Å². The van der Waals surface area contributed by atoms with Gasteiger partial charge in [-0.2, -0.15) is 0 Å². The minimum Gasteiger partial charge on any atom is -0.454 e. The standard InChI is InChI=1S/C26H24O4/c1-2-3-7-19-10-12-20(13-11-19)24(27)18-30-26(29)23-16-14-22(15-17-23)25(28)21-8-5-4-6-9-21/h4-6,8-17H,2-3,7,18H2,1H3. The van der Waals surface area contributed by atoms with Gasteiger partial charge in [-0.3, -0.25) is 9.59 Å². The average Bonchev–Trinajstić information content (AvgIpc) is 2.81. The van der Waals surface area contributed by atoms with E-state index in [0.29, 0.717) is 22.3 Å². The van der Waals surface area contributed by atoms with Crippen molar-refractivity contribution in [1.29, 1.82) is 0 Å². The van der Waals surface area contributed by atoms with Crippen LogP contribution in [0, 0.1) is 0 Å². The van der Waals surface area contributed by atoms with E-state index in [9.17, 15) is 14.4 Å². The van der Waals surface area contributed by atoms with Gasteiger partial charge in [-0.1, -0.05) is 80.1 Å². The fourth-order valence-corrected chi connectivity index (χ4v) is 3.05. The summed E-state index contributed by atoms with van der Waals surface area (Å²) >= 11 is 0. The second-order valence-electron chi connectivity index (χ2n) is 7.07. The van der Waals surface area contributed by atoms with Crippen molar-refractivity contribution in [2.24, 2.45) is 0 Å². The first kappa shape index (κ1) is 21.2. The number of ether oxygens (including phenoxy) is 1. The van der Waals surface area contributed by atoms with Gasteiger partial charge in [-0.15, -0.1) is 0 Å². The van der Waals surface area contributed by atoms with Crippen LogP contribution in [0.4, 0.5) is 0 Å². The summed E-state index contributed by atoms with van der Waals surface area (Å²) in [5.41, 5.74) is 3.07. The predicted octanol–water partition coefficient (Wildman–Crippen LogP) is 5.30. The van der Waals surface area contributed by atoms with Gasteiger partial charge < -0.3 is 4.74 Å². The lowest BCUT2D eigenvalue weighted by molar-refractivity contribution is 0.0474. The Labute approximate surface area is 176 Å². The first-order valence-electron chi connectivity index (χ1n) is 10.1. The number of ketones is 2. The van der Waals surface area contributed by atoms with Crippen LogP contribution in [0.1, 0.15) is 62.0 Å². The van der Waals surface area contributed by atoms with Gasteiger partial charge in [-0.25, -0.2) is 4.79 Å². The van der Waals surface area contributed by atoms with Crippen LogP contribution in [0.2, 0.25) is 0 Å². The molecule has 0 N–H and O–H groups in total. The molecular weight excluding hydrogens is 376 g/mol. The molecule has 0 aliphatic heterocycles. The number of unbranched alkanes of at least 4 members (excludes halogenated alkanes) is 1. The highest BCUT2D eigenvalue weighted by atomic mass is 16.5. The number of carbonyl (C=O) groups excluding carboxylic acids is 3. The highest BCUT2D eigenvalue weighted by molar-refractivity contribution is 6.09. The van der Waals surface area contributed by atoms with Gasteiger partial charge >= 0.3 is 5.97 Å². The molecule has 0 saturated heterocycles. The fourth-order valence-electron chi connectivity index (χ4n) is 3.05. The number of benzene rings is 3. The van der Waals surface area contributed by atoms with Crippen molar-refractivity contribution < 1.29 is 19.1 Å². The Balaban J connectivity index is 1.55. The van der Waals surface area contributed by atoms with Crippen LogP contribution in [0.3, 0.4) is 0 Å². The van der Waals surface area contributed by atoms with E-state index in [-0.39, 0.29) is 18.2 Å². The third-order valence-electron chi connectivity index (χ3n) is 4.85. The Morgan fingerprint density at radius 1 is 0.700 bits per heavy atom. The lowest BCUT2D eigenvalue weighted by Gasteiger charge is -2.06. The fraction of sp³-hybridized carbons (Fsp3) is 0.192. The molecule has 3 rings (SSSR count). The smallest absolute Gasteiger partial charge is 0.338 e. The van der Waals surface area contributed by atoms with Crippen LogP contribution >= 0.6 is 0 Å². The molecule has 0 heterocycles. The van der Waals surface area contributed by atoms with Gasteiger partial charge in [0.2, 0.25) is 0 Å². The van der Waals surface area contributed by atoms with Crippen molar-refractivity contribution in [3.05, 3.63) is 107 Å². The largest absolute Gasteiger partial charge is 0.454 e. The Morgan fingerprint density at radius 2 is 1.27 bits per heavy atom. The molecule has 0 aromatic heterocycles. The zero-order chi connectivity index (χ0) is 21.3. The zero-order valence-electron chi connectivity index (χ0n) is 17.0. The number of carbonyl (C=O) groups is 3. The molecule has 30 heavy (non-hydrogen) atoms. The van der Waals surface area contributed by atoms with Crippen molar-refractivity contribution in [2.45, 2.75) is 26.2 Å². The second-order valence-corrected chi connectivity index (χ2v) is 7.07. The van der Waals surface area contributed by atoms with Gasteiger partial charge in [0, 0.05) is 16.7 Å². The van der Waals surface area contributed by atoms with Crippen molar-refractivity contribution in [3.63, 3.8) is 0 Å². The summed E-state index contributed by atoms with van der Waals surface area (Å²) < 4.78 is 5.15. The van der Waals surface area contributed by atoms with Gasteiger partial charge in [-0.05, 0) is 30.5 Å².